The normalized spacial score (nSPS) is 22.0. The van der Waals surface area contributed by atoms with Gasteiger partial charge in [0.1, 0.15) is 23.4 Å². The van der Waals surface area contributed by atoms with Crippen LogP contribution in [0, 0.1) is 0 Å². The van der Waals surface area contributed by atoms with Crippen LogP contribution in [0.15, 0.2) is 62.5 Å². The van der Waals surface area contributed by atoms with E-state index in [9.17, 15) is 4.79 Å². The standard InChI is InChI=1S/C18H17ClN2O3/c19-11-16(22)21-18(15-7-3-9-24-15)14-6-1-4-12(17(14)20-21)10-13-5-2-8-23-13/h2-3,5,7-10,18,20H,1,4,6,11H2/b12-10-/t18-/m0/s1. The van der Waals surface area contributed by atoms with E-state index in [0.717, 1.165) is 47.6 Å². The minimum absolute atomic E-state index is 0.0813. The van der Waals surface area contributed by atoms with Crippen LogP contribution in [0.2, 0.25) is 0 Å². The summed E-state index contributed by atoms with van der Waals surface area (Å²) in [5.74, 6) is 1.29. The zero-order valence-electron chi connectivity index (χ0n) is 13.0. The van der Waals surface area contributed by atoms with Gasteiger partial charge in [-0.3, -0.25) is 10.2 Å². The molecule has 1 aliphatic heterocycles. The van der Waals surface area contributed by atoms with Crippen LogP contribution in [0.25, 0.3) is 6.08 Å². The topological polar surface area (TPSA) is 58.6 Å². The Balaban J connectivity index is 1.76. The molecule has 0 spiro atoms. The summed E-state index contributed by atoms with van der Waals surface area (Å²) in [7, 11) is 0. The van der Waals surface area contributed by atoms with Gasteiger partial charge in [-0.1, -0.05) is 0 Å². The van der Waals surface area contributed by atoms with Gasteiger partial charge in [0.25, 0.3) is 5.91 Å². The van der Waals surface area contributed by atoms with Gasteiger partial charge >= 0.3 is 0 Å². The molecule has 24 heavy (non-hydrogen) atoms. The van der Waals surface area contributed by atoms with Gasteiger partial charge in [-0.25, -0.2) is 5.01 Å². The van der Waals surface area contributed by atoms with E-state index in [0.29, 0.717) is 0 Å². The first-order valence-electron chi connectivity index (χ1n) is 7.93. The van der Waals surface area contributed by atoms with E-state index in [1.807, 2.05) is 30.3 Å². The molecular weight excluding hydrogens is 328 g/mol. The van der Waals surface area contributed by atoms with Crippen molar-refractivity contribution >= 4 is 23.6 Å². The monoisotopic (exact) mass is 344 g/mol. The fraction of sp³-hybridized carbons (Fsp3) is 0.278. The van der Waals surface area contributed by atoms with Gasteiger partial charge in [0, 0.05) is 0 Å². The van der Waals surface area contributed by atoms with Crippen LogP contribution in [-0.2, 0) is 4.79 Å². The van der Waals surface area contributed by atoms with Crippen molar-refractivity contribution < 1.29 is 13.6 Å². The van der Waals surface area contributed by atoms with Crippen LogP contribution in [0.3, 0.4) is 0 Å². The molecule has 1 amide bonds. The molecule has 2 aromatic heterocycles. The minimum atomic E-state index is -0.249. The Morgan fingerprint density at radius 2 is 2.12 bits per heavy atom. The quantitative estimate of drug-likeness (QED) is 0.854. The molecule has 0 saturated carbocycles. The number of hydrogen-bond donors (Lipinski definition) is 1. The first-order valence-corrected chi connectivity index (χ1v) is 8.47. The summed E-state index contributed by atoms with van der Waals surface area (Å²) >= 11 is 5.80. The predicted molar refractivity (Wildman–Crippen MR) is 89.7 cm³/mol. The van der Waals surface area contributed by atoms with Crippen molar-refractivity contribution in [1.29, 1.82) is 0 Å². The fourth-order valence-electron chi connectivity index (χ4n) is 3.39. The second-order valence-electron chi connectivity index (χ2n) is 5.87. The number of allylic oxidation sites excluding steroid dienone is 1. The molecule has 124 valence electrons. The zero-order chi connectivity index (χ0) is 16.5. The number of nitrogens with zero attached hydrogens (tertiary/aromatic N) is 1. The number of alkyl halides is 1. The lowest BCUT2D eigenvalue weighted by molar-refractivity contribution is -0.132. The molecule has 0 fully saturated rings. The highest BCUT2D eigenvalue weighted by Crippen LogP contribution is 2.44. The molecule has 1 N–H and O–H groups in total. The van der Waals surface area contributed by atoms with Gasteiger partial charge in [0.05, 0.1) is 18.2 Å². The number of hydrazine groups is 1. The Labute approximate surface area is 144 Å². The van der Waals surface area contributed by atoms with Crippen LogP contribution >= 0.6 is 11.6 Å². The van der Waals surface area contributed by atoms with Gasteiger partial charge in [-0.2, -0.15) is 0 Å². The first kappa shape index (κ1) is 15.1. The summed E-state index contributed by atoms with van der Waals surface area (Å²) in [6.45, 7) is 0. The third kappa shape index (κ3) is 2.55. The maximum Gasteiger partial charge on any atom is 0.256 e. The van der Waals surface area contributed by atoms with Crippen molar-refractivity contribution in [2.75, 3.05) is 5.88 Å². The molecule has 0 unspecified atom stereocenters. The van der Waals surface area contributed by atoms with Crippen molar-refractivity contribution in [2.24, 2.45) is 0 Å². The van der Waals surface area contributed by atoms with Crippen molar-refractivity contribution in [1.82, 2.24) is 10.4 Å². The second-order valence-corrected chi connectivity index (χ2v) is 6.13. The van der Waals surface area contributed by atoms with E-state index in [1.165, 1.54) is 0 Å². The minimum Gasteiger partial charge on any atom is -0.467 e. The Morgan fingerprint density at radius 1 is 1.29 bits per heavy atom. The summed E-state index contributed by atoms with van der Waals surface area (Å²) in [5, 5.41) is 1.58. The molecule has 6 heteroatoms. The largest absolute Gasteiger partial charge is 0.467 e. The van der Waals surface area contributed by atoms with E-state index < -0.39 is 0 Å². The molecule has 4 rings (SSSR count). The van der Waals surface area contributed by atoms with Crippen molar-refractivity contribution in [3.8, 4) is 0 Å². The predicted octanol–water partition coefficient (Wildman–Crippen LogP) is 4.02. The molecule has 5 nitrogen and oxygen atoms in total. The van der Waals surface area contributed by atoms with Gasteiger partial charge in [0.15, 0.2) is 0 Å². The Morgan fingerprint density at radius 3 is 2.83 bits per heavy atom. The maximum atomic E-state index is 12.3. The lowest BCUT2D eigenvalue weighted by Crippen LogP contribution is -2.40. The third-order valence-corrected chi connectivity index (χ3v) is 4.64. The Bertz CT molecular complexity index is 790. The number of carbonyl (C=O) groups excluding carboxylic acids is 1. The number of rotatable bonds is 3. The van der Waals surface area contributed by atoms with Crippen molar-refractivity contribution in [3.63, 3.8) is 0 Å². The number of halogens is 1. The lowest BCUT2D eigenvalue weighted by Gasteiger charge is -2.24. The third-order valence-electron chi connectivity index (χ3n) is 4.41. The van der Waals surface area contributed by atoms with E-state index in [4.69, 9.17) is 20.4 Å². The highest BCUT2D eigenvalue weighted by atomic mass is 35.5. The Kier molecular flexibility index (Phi) is 3.94. The van der Waals surface area contributed by atoms with Crippen LogP contribution in [0.4, 0.5) is 0 Å². The van der Waals surface area contributed by atoms with Crippen LogP contribution < -0.4 is 5.43 Å². The van der Waals surface area contributed by atoms with E-state index in [2.05, 4.69) is 5.43 Å². The zero-order valence-corrected chi connectivity index (χ0v) is 13.8. The average Bonchev–Trinajstić information content (AvgIpc) is 3.33. The molecule has 0 saturated heterocycles. The van der Waals surface area contributed by atoms with Gasteiger partial charge in [-0.15, -0.1) is 11.6 Å². The van der Waals surface area contributed by atoms with Gasteiger partial charge < -0.3 is 8.83 Å². The summed E-state index contributed by atoms with van der Waals surface area (Å²) in [6.07, 6.45) is 8.17. The van der Waals surface area contributed by atoms with E-state index in [-0.39, 0.29) is 17.8 Å². The maximum absolute atomic E-state index is 12.3. The van der Waals surface area contributed by atoms with E-state index in [1.54, 1.807) is 17.5 Å². The SMILES string of the molecule is O=C(CCl)N1NC2=C(CCC/C2=C/c2ccco2)[C@H]1c1ccco1. The smallest absolute Gasteiger partial charge is 0.256 e. The molecule has 1 aliphatic carbocycles. The Hall–Kier alpha value is -2.40. The molecule has 0 bridgehead atoms. The molecule has 3 heterocycles. The molecular formula is C18H17ClN2O3. The van der Waals surface area contributed by atoms with Gasteiger partial charge in [0.2, 0.25) is 0 Å². The van der Waals surface area contributed by atoms with Crippen molar-refractivity contribution in [2.45, 2.75) is 25.3 Å². The number of nitrogens with one attached hydrogen (secondary N) is 1. The van der Waals surface area contributed by atoms with Crippen LogP contribution in [0.5, 0.6) is 0 Å². The highest BCUT2D eigenvalue weighted by molar-refractivity contribution is 6.27. The molecule has 0 aromatic carbocycles. The lowest BCUT2D eigenvalue weighted by atomic mass is 9.88. The van der Waals surface area contributed by atoms with Crippen molar-refractivity contribution in [3.05, 3.63) is 65.2 Å². The summed E-state index contributed by atoms with van der Waals surface area (Å²) < 4.78 is 11.0. The highest BCUT2D eigenvalue weighted by Gasteiger charge is 2.40. The number of furan rings is 2. The number of carbonyl (C=O) groups is 1. The molecule has 2 aliphatic rings. The summed E-state index contributed by atoms with van der Waals surface area (Å²) in [5.41, 5.74) is 6.53. The molecule has 0 radical (unpaired) electrons. The van der Waals surface area contributed by atoms with Crippen LogP contribution in [0.1, 0.15) is 36.8 Å². The first-order chi connectivity index (χ1) is 11.8. The summed E-state index contributed by atoms with van der Waals surface area (Å²) in [6, 6.07) is 7.26. The number of amides is 1. The number of hydrogen-bond acceptors (Lipinski definition) is 4. The average molecular weight is 345 g/mol. The second kappa shape index (κ2) is 6.24. The van der Waals surface area contributed by atoms with Crippen LogP contribution in [-0.4, -0.2) is 16.8 Å². The van der Waals surface area contributed by atoms with E-state index >= 15 is 0 Å². The molecule has 2 aromatic rings. The fourth-order valence-corrected chi connectivity index (χ4v) is 3.52. The molecule has 1 atom stereocenters. The summed E-state index contributed by atoms with van der Waals surface area (Å²) in [4.78, 5) is 12.3. The van der Waals surface area contributed by atoms with Gasteiger partial charge in [-0.05, 0) is 60.8 Å².